The molecule has 0 saturated heterocycles. The van der Waals surface area contributed by atoms with Gasteiger partial charge in [-0.05, 0) is 24.6 Å². The topological polar surface area (TPSA) is 59.4 Å². The molecule has 5 heteroatoms. The number of hydrogen-bond donors (Lipinski definition) is 1. The lowest BCUT2D eigenvalue weighted by Crippen LogP contribution is -2.00. The molecule has 2 aromatic heterocycles. The third kappa shape index (κ3) is 1.46. The van der Waals surface area contributed by atoms with Crippen LogP contribution in [-0.2, 0) is 6.54 Å². The van der Waals surface area contributed by atoms with E-state index >= 15 is 0 Å². The first-order valence-corrected chi connectivity index (χ1v) is 5.10. The molecular weight excluding hydrogens is 202 g/mol. The third-order valence-electron chi connectivity index (χ3n) is 2.66. The maximum atomic E-state index is 4.19. The number of rotatable bonds is 2. The Hall–Kier alpha value is -2.17. The number of H-pyrrole nitrogens is 1. The zero-order chi connectivity index (χ0) is 11.0. The second kappa shape index (κ2) is 3.44. The van der Waals surface area contributed by atoms with Crippen LogP contribution in [0.2, 0.25) is 0 Å². The van der Waals surface area contributed by atoms with Crippen molar-refractivity contribution in [1.29, 1.82) is 0 Å². The van der Waals surface area contributed by atoms with E-state index < -0.39 is 0 Å². The summed E-state index contributed by atoms with van der Waals surface area (Å²) in [6, 6.07) is 6.07. The van der Waals surface area contributed by atoms with E-state index in [0.717, 1.165) is 23.4 Å². The molecule has 1 aromatic carbocycles. The smallest absolute Gasteiger partial charge is 0.113 e. The molecule has 0 radical (unpaired) electrons. The molecule has 2 heterocycles. The summed E-state index contributed by atoms with van der Waals surface area (Å²) in [5, 5.41) is 10.7. The monoisotopic (exact) mass is 213 g/mol. The summed E-state index contributed by atoms with van der Waals surface area (Å²) < 4.78 is 2.10. The molecule has 0 unspecified atom stereocenters. The van der Waals surface area contributed by atoms with Gasteiger partial charge in [0, 0.05) is 18.9 Å². The van der Waals surface area contributed by atoms with Crippen molar-refractivity contribution >= 4 is 11.0 Å². The van der Waals surface area contributed by atoms with Crippen molar-refractivity contribution in [2.45, 2.75) is 13.5 Å². The van der Waals surface area contributed by atoms with Gasteiger partial charge in [-0.3, -0.25) is 0 Å². The Balaban J connectivity index is 1.97. The van der Waals surface area contributed by atoms with Crippen molar-refractivity contribution in [1.82, 2.24) is 25.0 Å². The average molecular weight is 213 g/mol. The van der Waals surface area contributed by atoms with E-state index in [4.69, 9.17) is 0 Å². The number of fused-ring (bicyclic) bond motifs is 1. The van der Waals surface area contributed by atoms with Crippen LogP contribution in [0.1, 0.15) is 11.4 Å². The van der Waals surface area contributed by atoms with Crippen LogP contribution in [0.5, 0.6) is 0 Å². The lowest BCUT2D eigenvalue weighted by atomic mass is 10.2. The van der Waals surface area contributed by atoms with Crippen LogP contribution in [0.3, 0.4) is 0 Å². The first kappa shape index (κ1) is 9.08. The van der Waals surface area contributed by atoms with Crippen LogP contribution in [0.25, 0.3) is 11.0 Å². The first-order chi connectivity index (χ1) is 7.83. The summed E-state index contributed by atoms with van der Waals surface area (Å²) in [5.41, 5.74) is 2.99. The summed E-state index contributed by atoms with van der Waals surface area (Å²) in [6.45, 7) is 2.81. The zero-order valence-corrected chi connectivity index (χ0v) is 8.88. The Kier molecular flexibility index (Phi) is 1.96. The molecule has 0 aliphatic heterocycles. The quantitative estimate of drug-likeness (QED) is 0.702. The van der Waals surface area contributed by atoms with Crippen LogP contribution in [0.4, 0.5) is 0 Å². The van der Waals surface area contributed by atoms with E-state index in [2.05, 4.69) is 31.0 Å². The fraction of sp³-hybridized carbons (Fsp3) is 0.182. The number of aromatic nitrogens is 5. The average Bonchev–Trinajstić information content (AvgIpc) is 2.88. The van der Waals surface area contributed by atoms with Crippen molar-refractivity contribution in [3.8, 4) is 0 Å². The molecule has 0 aliphatic carbocycles. The van der Waals surface area contributed by atoms with Gasteiger partial charge in [0.05, 0.1) is 0 Å². The standard InChI is InChI=1S/C11H11N5/c1-8-12-4-5-16(8)7-9-2-3-10-11(6-9)14-15-13-10/h2-6H,7H2,1H3,(H,13,14,15). The molecule has 0 fully saturated rings. The van der Waals surface area contributed by atoms with Gasteiger partial charge in [-0.25, -0.2) is 4.98 Å². The predicted molar refractivity (Wildman–Crippen MR) is 60.0 cm³/mol. The highest BCUT2D eigenvalue weighted by atomic mass is 15.3. The van der Waals surface area contributed by atoms with Crippen molar-refractivity contribution in [3.63, 3.8) is 0 Å². The number of hydrogen-bond acceptors (Lipinski definition) is 3. The summed E-state index contributed by atoms with van der Waals surface area (Å²) in [6.07, 6.45) is 3.78. The molecule has 0 atom stereocenters. The van der Waals surface area contributed by atoms with Crippen molar-refractivity contribution < 1.29 is 0 Å². The molecule has 0 saturated carbocycles. The van der Waals surface area contributed by atoms with Gasteiger partial charge in [0.2, 0.25) is 0 Å². The summed E-state index contributed by atoms with van der Waals surface area (Å²) in [5.74, 6) is 1.01. The highest BCUT2D eigenvalue weighted by Gasteiger charge is 2.02. The second-order valence-electron chi connectivity index (χ2n) is 3.75. The van der Waals surface area contributed by atoms with Gasteiger partial charge in [0.15, 0.2) is 0 Å². The minimum Gasteiger partial charge on any atom is -0.331 e. The molecule has 0 aliphatic rings. The molecule has 1 N–H and O–H groups in total. The van der Waals surface area contributed by atoms with Gasteiger partial charge in [0.1, 0.15) is 16.9 Å². The van der Waals surface area contributed by atoms with Gasteiger partial charge in [0.25, 0.3) is 0 Å². The van der Waals surface area contributed by atoms with E-state index in [1.807, 2.05) is 31.5 Å². The van der Waals surface area contributed by atoms with Crippen LogP contribution >= 0.6 is 0 Å². The van der Waals surface area contributed by atoms with E-state index in [-0.39, 0.29) is 0 Å². The highest BCUT2D eigenvalue weighted by molar-refractivity contribution is 5.74. The minimum atomic E-state index is 0.814. The fourth-order valence-electron chi connectivity index (χ4n) is 1.75. The van der Waals surface area contributed by atoms with E-state index in [0.29, 0.717) is 0 Å². The predicted octanol–water partition coefficient (Wildman–Crippen LogP) is 1.51. The third-order valence-corrected chi connectivity index (χ3v) is 2.66. The molecule has 16 heavy (non-hydrogen) atoms. The number of nitrogens with zero attached hydrogens (tertiary/aromatic N) is 4. The number of imidazole rings is 1. The molecule has 0 spiro atoms. The van der Waals surface area contributed by atoms with Crippen molar-refractivity contribution in [2.75, 3.05) is 0 Å². The van der Waals surface area contributed by atoms with Crippen LogP contribution in [-0.4, -0.2) is 25.0 Å². The fourth-order valence-corrected chi connectivity index (χ4v) is 1.75. The van der Waals surface area contributed by atoms with Gasteiger partial charge in [-0.15, -0.1) is 0 Å². The number of nitrogens with one attached hydrogen (secondary N) is 1. The zero-order valence-electron chi connectivity index (χ0n) is 8.88. The molecule has 80 valence electrons. The lowest BCUT2D eigenvalue weighted by molar-refractivity contribution is 0.762. The summed E-state index contributed by atoms with van der Waals surface area (Å²) in [7, 11) is 0. The van der Waals surface area contributed by atoms with E-state index in [1.54, 1.807) is 0 Å². The van der Waals surface area contributed by atoms with Crippen LogP contribution in [0.15, 0.2) is 30.6 Å². The van der Waals surface area contributed by atoms with Gasteiger partial charge >= 0.3 is 0 Å². The summed E-state index contributed by atoms with van der Waals surface area (Å²) >= 11 is 0. The Morgan fingerprint density at radius 3 is 2.94 bits per heavy atom. The molecule has 3 aromatic rings. The van der Waals surface area contributed by atoms with E-state index in [1.165, 1.54) is 5.56 Å². The molecule has 3 rings (SSSR count). The SMILES string of the molecule is Cc1nccn1Cc1ccc2n[nH]nc2c1. The van der Waals surface area contributed by atoms with Gasteiger partial charge in [-0.2, -0.15) is 15.4 Å². The molecule has 0 amide bonds. The maximum absolute atomic E-state index is 4.19. The van der Waals surface area contributed by atoms with Gasteiger partial charge in [-0.1, -0.05) is 6.07 Å². The summed E-state index contributed by atoms with van der Waals surface area (Å²) in [4.78, 5) is 4.19. The van der Waals surface area contributed by atoms with Crippen molar-refractivity contribution in [2.24, 2.45) is 0 Å². The van der Waals surface area contributed by atoms with Crippen LogP contribution < -0.4 is 0 Å². The molecule has 5 nitrogen and oxygen atoms in total. The largest absolute Gasteiger partial charge is 0.331 e. The van der Waals surface area contributed by atoms with Gasteiger partial charge < -0.3 is 4.57 Å². The van der Waals surface area contributed by atoms with Crippen molar-refractivity contribution in [3.05, 3.63) is 42.0 Å². The minimum absolute atomic E-state index is 0.814. The molecule has 0 bridgehead atoms. The Labute approximate surface area is 92.1 Å². The Morgan fingerprint density at radius 2 is 2.12 bits per heavy atom. The maximum Gasteiger partial charge on any atom is 0.113 e. The Morgan fingerprint density at radius 1 is 1.25 bits per heavy atom. The van der Waals surface area contributed by atoms with E-state index in [9.17, 15) is 0 Å². The molecular formula is C11H11N5. The Bertz CT molecular complexity index is 622. The van der Waals surface area contributed by atoms with Crippen LogP contribution in [0, 0.1) is 6.92 Å². The number of benzene rings is 1. The first-order valence-electron chi connectivity index (χ1n) is 5.10. The normalized spacial score (nSPS) is 11.1. The number of aryl methyl sites for hydroxylation is 1. The number of aromatic amines is 1. The highest BCUT2D eigenvalue weighted by Crippen LogP contribution is 2.12. The second-order valence-corrected chi connectivity index (χ2v) is 3.75. The lowest BCUT2D eigenvalue weighted by Gasteiger charge is -2.04.